The van der Waals surface area contributed by atoms with E-state index >= 15 is 0 Å². The summed E-state index contributed by atoms with van der Waals surface area (Å²) in [5.41, 5.74) is 1.07. The molecule has 10 heteroatoms. The number of hydrogen-bond donors (Lipinski definition) is 4. The second kappa shape index (κ2) is 10.4. The van der Waals surface area contributed by atoms with Gasteiger partial charge in [-0.1, -0.05) is 37.0 Å². The van der Waals surface area contributed by atoms with E-state index in [2.05, 4.69) is 5.32 Å². The van der Waals surface area contributed by atoms with E-state index in [1.807, 2.05) is 13.8 Å². The zero-order valence-corrected chi connectivity index (χ0v) is 18.2. The van der Waals surface area contributed by atoms with E-state index < -0.39 is 30.3 Å². The lowest BCUT2D eigenvalue weighted by Gasteiger charge is -2.15. The summed E-state index contributed by atoms with van der Waals surface area (Å²) in [6.07, 6.45) is -1.01. The first-order chi connectivity index (χ1) is 14.5. The summed E-state index contributed by atoms with van der Waals surface area (Å²) in [5, 5.41) is 30.1. The molecule has 4 N–H and O–H groups in total. The van der Waals surface area contributed by atoms with Crippen LogP contribution in [-0.2, 0) is 20.8 Å². The average molecular weight is 470 g/mol. The van der Waals surface area contributed by atoms with Gasteiger partial charge in [0.15, 0.2) is 5.75 Å². The molecule has 0 fully saturated rings. The fraction of sp³-hybridized carbons (Fsp3) is 0.286. The van der Waals surface area contributed by atoms with Gasteiger partial charge in [-0.15, -0.1) is 0 Å². The Morgan fingerprint density at radius 3 is 2.19 bits per heavy atom. The van der Waals surface area contributed by atoms with Crippen molar-refractivity contribution in [3.8, 4) is 17.2 Å². The maximum atomic E-state index is 12.1. The van der Waals surface area contributed by atoms with E-state index in [1.54, 1.807) is 12.1 Å². The van der Waals surface area contributed by atoms with Crippen molar-refractivity contribution < 1.29 is 34.4 Å². The maximum absolute atomic E-state index is 12.1. The predicted molar refractivity (Wildman–Crippen MR) is 114 cm³/mol. The van der Waals surface area contributed by atoms with Crippen molar-refractivity contribution >= 4 is 41.0 Å². The van der Waals surface area contributed by atoms with Crippen LogP contribution in [0, 0.1) is 0 Å². The van der Waals surface area contributed by atoms with Crippen molar-refractivity contribution in [2.24, 2.45) is 0 Å². The Kier molecular flexibility index (Phi) is 8.13. The number of rotatable bonds is 9. The highest BCUT2D eigenvalue weighted by Gasteiger charge is 2.23. The van der Waals surface area contributed by atoms with Crippen molar-refractivity contribution in [2.75, 3.05) is 0 Å². The van der Waals surface area contributed by atoms with E-state index in [4.69, 9.17) is 38.2 Å². The summed E-state index contributed by atoms with van der Waals surface area (Å²) in [6, 6.07) is 6.06. The summed E-state index contributed by atoms with van der Waals surface area (Å²) < 4.78 is 5.77. The van der Waals surface area contributed by atoms with E-state index in [0.717, 1.165) is 0 Å². The van der Waals surface area contributed by atoms with Gasteiger partial charge in [-0.2, -0.15) is 0 Å². The molecule has 1 amide bonds. The largest absolute Gasteiger partial charge is 0.508 e. The van der Waals surface area contributed by atoms with Gasteiger partial charge in [0.25, 0.3) is 0 Å². The van der Waals surface area contributed by atoms with Gasteiger partial charge in [0.2, 0.25) is 5.91 Å². The zero-order chi connectivity index (χ0) is 23.3. The number of benzene rings is 2. The van der Waals surface area contributed by atoms with E-state index in [0.29, 0.717) is 16.9 Å². The van der Waals surface area contributed by atoms with Crippen molar-refractivity contribution in [3.05, 3.63) is 51.5 Å². The Morgan fingerprint density at radius 2 is 1.68 bits per heavy atom. The highest BCUT2D eigenvalue weighted by Crippen LogP contribution is 2.39. The van der Waals surface area contributed by atoms with Crippen LogP contribution in [0.25, 0.3) is 0 Å². The van der Waals surface area contributed by atoms with Crippen molar-refractivity contribution in [1.29, 1.82) is 0 Å². The molecule has 2 aromatic rings. The SMILES string of the molecule is CC(C)c1cc(Oc2c(Cl)cc(CC(=O)N[C@@H](CC(=O)O)C(=O)O)cc2Cl)ccc1O. The van der Waals surface area contributed by atoms with Crippen LogP contribution in [0.5, 0.6) is 17.2 Å². The molecule has 1 atom stereocenters. The number of phenolic OH excluding ortho intramolecular Hbond substituents is 1. The zero-order valence-electron chi connectivity index (χ0n) is 16.7. The van der Waals surface area contributed by atoms with Gasteiger partial charge in [-0.25, -0.2) is 4.79 Å². The molecule has 0 radical (unpaired) electrons. The molecule has 0 saturated heterocycles. The number of carboxylic acids is 2. The number of carbonyl (C=O) groups is 3. The third kappa shape index (κ3) is 6.77. The highest BCUT2D eigenvalue weighted by molar-refractivity contribution is 6.37. The first-order valence-electron chi connectivity index (χ1n) is 9.20. The van der Waals surface area contributed by atoms with Crippen LogP contribution in [0.1, 0.15) is 37.3 Å². The minimum Gasteiger partial charge on any atom is -0.508 e. The van der Waals surface area contributed by atoms with Crippen molar-refractivity contribution in [1.82, 2.24) is 5.32 Å². The molecule has 0 aromatic heterocycles. The molecule has 0 unspecified atom stereocenters. The number of carboxylic acid groups (broad SMARTS) is 2. The van der Waals surface area contributed by atoms with Crippen LogP contribution in [0.15, 0.2) is 30.3 Å². The van der Waals surface area contributed by atoms with E-state index in [-0.39, 0.29) is 33.9 Å². The number of phenols is 1. The topological polar surface area (TPSA) is 133 Å². The van der Waals surface area contributed by atoms with Crippen molar-refractivity contribution in [2.45, 2.75) is 38.6 Å². The molecular weight excluding hydrogens is 449 g/mol. The molecule has 2 rings (SSSR count). The van der Waals surface area contributed by atoms with Gasteiger partial charge < -0.3 is 25.4 Å². The quantitative estimate of drug-likeness (QED) is 0.432. The molecule has 0 spiro atoms. The van der Waals surface area contributed by atoms with Gasteiger partial charge in [-0.3, -0.25) is 9.59 Å². The van der Waals surface area contributed by atoms with Crippen LogP contribution >= 0.6 is 23.2 Å². The van der Waals surface area contributed by atoms with Crippen LogP contribution in [0.3, 0.4) is 0 Å². The predicted octanol–water partition coefficient (Wildman–Crippen LogP) is 4.20. The molecule has 0 saturated carbocycles. The Balaban J connectivity index is 2.17. The second-order valence-electron chi connectivity index (χ2n) is 7.10. The summed E-state index contributed by atoms with van der Waals surface area (Å²) in [6.45, 7) is 3.84. The third-order valence-electron chi connectivity index (χ3n) is 4.28. The molecule has 31 heavy (non-hydrogen) atoms. The minimum absolute atomic E-state index is 0.0612. The summed E-state index contributed by atoms with van der Waals surface area (Å²) >= 11 is 12.5. The van der Waals surface area contributed by atoms with E-state index in [1.165, 1.54) is 18.2 Å². The van der Waals surface area contributed by atoms with Gasteiger partial charge in [0, 0.05) is 5.56 Å². The molecule has 0 aliphatic rings. The summed E-state index contributed by atoms with van der Waals surface area (Å²) in [4.78, 5) is 33.9. The number of aromatic hydroxyl groups is 1. The number of amides is 1. The van der Waals surface area contributed by atoms with Crippen LogP contribution in [0.4, 0.5) is 0 Å². The van der Waals surface area contributed by atoms with Crippen LogP contribution in [0.2, 0.25) is 10.0 Å². The van der Waals surface area contributed by atoms with Gasteiger partial charge in [0.1, 0.15) is 17.5 Å². The lowest BCUT2D eigenvalue weighted by atomic mass is 10.0. The number of nitrogens with one attached hydrogen (secondary N) is 1. The normalized spacial score (nSPS) is 11.8. The fourth-order valence-corrected chi connectivity index (χ4v) is 3.40. The molecular formula is C21H21Cl2NO7. The fourth-order valence-electron chi connectivity index (χ4n) is 2.79. The summed E-state index contributed by atoms with van der Waals surface area (Å²) in [7, 11) is 0. The number of halogens is 2. The highest BCUT2D eigenvalue weighted by atomic mass is 35.5. The first kappa shape index (κ1) is 24.3. The van der Waals surface area contributed by atoms with Crippen molar-refractivity contribution in [3.63, 3.8) is 0 Å². The second-order valence-corrected chi connectivity index (χ2v) is 7.91. The molecule has 8 nitrogen and oxygen atoms in total. The molecule has 0 bridgehead atoms. The minimum atomic E-state index is -1.55. The number of ether oxygens (including phenoxy) is 1. The standard InChI is InChI=1S/C21H21Cl2NO7/c1-10(2)13-8-12(3-4-17(13)25)31-20-14(22)5-11(6-15(20)23)7-18(26)24-16(21(29)30)9-19(27)28/h3-6,8,10,16,25H,7,9H2,1-2H3,(H,24,26)(H,27,28)(H,29,30)/t16-/m0/s1. The summed E-state index contributed by atoms with van der Waals surface area (Å²) in [5.74, 6) is -2.74. The smallest absolute Gasteiger partial charge is 0.326 e. The van der Waals surface area contributed by atoms with E-state index in [9.17, 15) is 19.5 Å². The van der Waals surface area contributed by atoms with Crippen LogP contribution < -0.4 is 10.1 Å². The lowest BCUT2D eigenvalue weighted by molar-refractivity contribution is -0.147. The number of aliphatic carboxylic acids is 2. The first-order valence-corrected chi connectivity index (χ1v) is 9.96. The molecule has 0 heterocycles. The van der Waals surface area contributed by atoms with Gasteiger partial charge in [-0.05, 0) is 41.8 Å². The Labute approximate surface area is 188 Å². The average Bonchev–Trinajstić information content (AvgIpc) is 2.64. The molecule has 0 aliphatic carbocycles. The van der Waals surface area contributed by atoms with Gasteiger partial charge >= 0.3 is 11.9 Å². The number of hydrogen-bond acceptors (Lipinski definition) is 5. The Hall–Kier alpha value is -2.97. The van der Waals surface area contributed by atoms with Gasteiger partial charge in [0.05, 0.1) is 22.9 Å². The van der Waals surface area contributed by atoms with Crippen LogP contribution in [-0.4, -0.2) is 39.2 Å². The third-order valence-corrected chi connectivity index (χ3v) is 4.84. The Morgan fingerprint density at radius 1 is 1.06 bits per heavy atom. The molecule has 0 aliphatic heterocycles. The Bertz CT molecular complexity index is 984. The maximum Gasteiger partial charge on any atom is 0.326 e. The monoisotopic (exact) mass is 469 g/mol. The molecule has 166 valence electrons. The lowest BCUT2D eigenvalue weighted by Crippen LogP contribution is -2.42. The molecule has 2 aromatic carbocycles. The number of carbonyl (C=O) groups excluding carboxylic acids is 1.